The number of H-pyrrole nitrogens is 1. The average Bonchev–Trinajstić information content (AvgIpc) is 3.19. The van der Waals surface area contributed by atoms with E-state index in [1.807, 2.05) is 42.7 Å². The molecule has 0 amide bonds. The summed E-state index contributed by atoms with van der Waals surface area (Å²) >= 11 is 1.30. The summed E-state index contributed by atoms with van der Waals surface area (Å²) in [5.41, 5.74) is 4.08. The molecule has 29 heavy (non-hydrogen) atoms. The number of nitrogens with one attached hydrogen (secondary N) is 1. The molecule has 2 aromatic heterocycles. The van der Waals surface area contributed by atoms with Crippen LogP contribution in [-0.4, -0.2) is 43.9 Å². The van der Waals surface area contributed by atoms with E-state index >= 15 is 0 Å². The van der Waals surface area contributed by atoms with Gasteiger partial charge in [0.25, 0.3) is 0 Å². The first-order chi connectivity index (χ1) is 13.8. The van der Waals surface area contributed by atoms with Gasteiger partial charge in [0.15, 0.2) is 10.9 Å². The molecule has 1 aromatic carbocycles. The van der Waals surface area contributed by atoms with Crippen LogP contribution in [0.4, 0.5) is 0 Å². The molecule has 3 aromatic rings. The first-order valence-corrected chi connectivity index (χ1v) is 10.3. The van der Waals surface area contributed by atoms with Gasteiger partial charge in [-0.3, -0.25) is 9.36 Å². The second-order valence-corrected chi connectivity index (χ2v) is 7.70. The van der Waals surface area contributed by atoms with E-state index in [2.05, 4.69) is 15.2 Å². The van der Waals surface area contributed by atoms with Crippen LogP contribution in [0, 0.1) is 27.7 Å². The number of thioether (sulfide) groups is 1. The van der Waals surface area contributed by atoms with Crippen LogP contribution in [0.15, 0.2) is 29.4 Å². The molecule has 0 aliphatic heterocycles. The van der Waals surface area contributed by atoms with Gasteiger partial charge in [-0.1, -0.05) is 29.5 Å². The minimum atomic E-state index is -0.485. The predicted molar refractivity (Wildman–Crippen MR) is 112 cm³/mol. The molecule has 0 fully saturated rings. The molecule has 0 saturated heterocycles. The summed E-state index contributed by atoms with van der Waals surface area (Å²) in [7, 11) is 0. The van der Waals surface area contributed by atoms with Crippen LogP contribution in [0.2, 0.25) is 0 Å². The summed E-state index contributed by atoms with van der Waals surface area (Å²) in [6, 6.07) is 8.03. The first kappa shape index (κ1) is 20.9. The van der Waals surface area contributed by atoms with E-state index < -0.39 is 5.97 Å². The van der Waals surface area contributed by atoms with Gasteiger partial charge in [0.2, 0.25) is 0 Å². The maximum Gasteiger partial charge on any atom is 0.340 e. The number of hydrogen-bond acceptors (Lipinski definition) is 6. The highest BCUT2D eigenvalue weighted by molar-refractivity contribution is 7.99. The summed E-state index contributed by atoms with van der Waals surface area (Å²) in [6.07, 6.45) is 0. The molecular weight excluding hydrogens is 388 g/mol. The van der Waals surface area contributed by atoms with Crippen molar-refractivity contribution in [3.05, 3.63) is 58.2 Å². The van der Waals surface area contributed by atoms with Crippen LogP contribution in [0.5, 0.6) is 0 Å². The topological polar surface area (TPSA) is 89.9 Å². The van der Waals surface area contributed by atoms with Crippen LogP contribution in [0.25, 0.3) is 5.69 Å². The zero-order chi connectivity index (χ0) is 21.1. The highest BCUT2D eigenvalue weighted by atomic mass is 32.2. The van der Waals surface area contributed by atoms with Crippen molar-refractivity contribution in [1.82, 2.24) is 19.7 Å². The minimum Gasteiger partial charge on any atom is -0.462 e. The number of ketones is 1. The van der Waals surface area contributed by atoms with Gasteiger partial charge in [0.1, 0.15) is 5.82 Å². The van der Waals surface area contributed by atoms with Crippen molar-refractivity contribution >= 4 is 23.5 Å². The highest BCUT2D eigenvalue weighted by Crippen LogP contribution is 2.26. The maximum absolute atomic E-state index is 13.0. The Bertz CT molecular complexity index is 1050. The summed E-state index contributed by atoms with van der Waals surface area (Å²) in [5, 5.41) is 9.00. The molecule has 0 aliphatic rings. The van der Waals surface area contributed by atoms with E-state index in [0.29, 0.717) is 27.7 Å². The number of aryl methyl sites for hydroxylation is 4. The second-order valence-electron chi connectivity index (χ2n) is 6.76. The van der Waals surface area contributed by atoms with Crippen molar-refractivity contribution < 1.29 is 14.3 Å². The van der Waals surface area contributed by atoms with E-state index in [0.717, 1.165) is 17.1 Å². The number of carbonyl (C=O) groups excluding carboxylic acids is 2. The minimum absolute atomic E-state index is 0.133. The Morgan fingerprint density at radius 3 is 2.34 bits per heavy atom. The van der Waals surface area contributed by atoms with Gasteiger partial charge in [0, 0.05) is 17.1 Å². The lowest BCUT2D eigenvalue weighted by atomic mass is 10.1. The zero-order valence-electron chi connectivity index (χ0n) is 17.2. The van der Waals surface area contributed by atoms with E-state index in [4.69, 9.17) is 4.74 Å². The fourth-order valence-electron chi connectivity index (χ4n) is 3.22. The molecule has 0 unspecified atom stereocenters. The van der Waals surface area contributed by atoms with Crippen LogP contribution >= 0.6 is 11.8 Å². The number of rotatable bonds is 7. The van der Waals surface area contributed by atoms with Crippen molar-refractivity contribution in [2.75, 3.05) is 12.4 Å². The Morgan fingerprint density at radius 2 is 1.69 bits per heavy atom. The lowest BCUT2D eigenvalue weighted by molar-refractivity contribution is 0.0522. The molecule has 0 atom stereocenters. The number of ether oxygens (including phenoxy) is 1. The molecule has 0 saturated carbocycles. The summed E-state index contributed by atoms with van der Waals surface area (Å²) in [5.74, 6) is 0.233. The molecule has 1 N–H and O–H groups in total. The molecule has 3 rings (SSSR count). The largest absolute Gasteiger partial charge is 0.462 e. The highest BCUT2D eigenvalue weighted by Gasteiger charge is 2.26. The molecule has 0 radical (unpaired) electrons. The van der Waals surface area contributed by atoms with Crippen LogP contribution in [0.3, 0.4) is 0 Å². The van der Waals surface area contributed by atoms with Gasteiger partial charge >= 0.3 is 5.97 Å². The van der Waals surface area contributed by atoms with Gasteiger partial charge in [0.05, 0.1) is 23.5 Å². The zero-order valence-corrected chi connectivity index (χ0v) is 18.0. The van der Waals surface area contributed by atoms with E-state index in [9.17, 15) is 9.59 Å². The Morgan fingerprint density at radius 1 is 1.03 bits per heavy atom. The van der Waals surface area contributed by atoms with Gasteiger partial charge in [-0.25, -0.2) is 4.79 Å². The van der Waals surface area contributed by atoms with Crippen molar-refractivity contribution in [2.24, 2.45) is 0 Å². The SMILES string of the molecule is CCOC(=O)c1c(C)[nH]c(C)c1C(=O)CSc1nnc(C)n1-c1ccc(C)cc1. The average molecular weight is 413 g/mol. The number of aromatic nitrogens is 4. The van der Waals surface area contributed by atoms with Crippen LogP contribution in [-0.2, 0) is 4.74 Å². The number of aromatic amines is 1. The normalized spacial score (nSPS) is 10.9. The smallest absolute Gasteiger partial charge is 0.340 e. The Kier molecular flexibility index (Phi) is 6.22. The Balaban J connectivity index is 1.84. The lowest BCUT2D eigenvalue weighted by Crippen LogP contribution is -2.13. The van der Waals surface area contributed by atoms with Crippen molar-refractivity contribution in [1.29, 1.82) is 0 Å². The van der Waals surface area contributed by atoms with Crippen LogP contribution in [0.1, 0.15) is 50.4 Å². The molecule has 7 nitrogen and oxygen atoms in total. The van der Waals surface area contributed by atoms with Gasteiger partial charge in [-0.15, -0.1) is 10.2 Å². The van der Waals surface area contributed by atoms with Gasteiger partial charge in [-0.05, 0) is 46.8 Å². The fourth-order valence-corrected chi connectivity index (χ4v) is 4.09. The second kappa shape index (κ2) is 8.65. The monoisotopic (exact) mass is 412 g/mol. The standard InChI is InChI=1S/C21H24N4O3S/c1-6-28-20(27)19-14(4)22-13(3)18(19)17(26)11-29-21-24-23-15(5)25(21)16-9-7-12(2)8-10-16/h7-10,22H,6,11H2,1-5H3. The van der Waals surface area contributed by atoms with Crippen LogP contribution < -0.4 is 0 Å². The Hall–Kier alpha value is -2.87. The summed E-state index contributed by atoms with van der Waals surface area (Å²) < 4.78 is 7.04. The van der Waals surface area contributed by atoms with Gasteiger partial charge in [-0.2, -0.15) is 0 Å². The quantitative estimate of drug-likeness (QED) is 0.359. The van der Waals surface area contributed by atoms with Gasteiger partial charge < -0.3 is 9.72 Å². The van der Waals surface area contributed by atoms with Crippen molar-refractivity contribution in [2.45, 2.75) is 39.8 Å². The van der Waals surface area contributed by atoms with Crippen molar-refractivity contribution in [3.63, 3.8) is 0 Å². The maximum atomic E-state index is 13.0. The van der Waals surface area contributed by atoms with E-state index in [1.165, 1.54) is 11.8 Å². The number of Topliss-reactive ketones (excluding diaryl/α,β-unsaturated/α-hetero) is 1. The van der Waals surface area contributed by atoms with E-state index in [1.54, 1.807) is 20.8 Å². The fraction of sp³-hybridized carbons (Fsp3) is 0.333. The van der Waals surface area contributed by atoms with Crippen molar-refractivity contribution in [3.8, 4) is 5.69 Å². The summed E-state index contributed by atoms with van der Waals surface area (Å²) in [4.78, 5) is 28.4. The van der Waals surface area contributed by atoms with E-state index in [-0.39, 0.29) is 18.1 Å². The number of nitrogens with zero attached hydrogens (tertiary/aromatic N) is 3. The molecule has 0 bridgehead atoms. The third-order valence-electron chi connectivity index (χ3n) is 4.55. The number of esters is 1. The molecular formula is C21H24N4O3S. The predicted octanol–water partition coefficient (Wildman–Crippen LogP) is 3.98. The number of carbonyl (C=O) groups is 2. The Labute approximate surface area is 173 Å². The number of hydrogen-bond donors (Lipinski definition) is 1. The molecule has 2 heterocycles. The first-order valence-electron chi connectivity index (χ1n) is 9.34. The third-order valence-corrected chi connectivity index (χ3v) is 5.48. The summed E-state index contributed by atoms with van der Waals surface area (Å²) in [6.45, 7) is 9.44. The molecule has 8 heteroatoms. The lowest BCUT2D eigenvalue weighted by Gasteiger charge is -2.09. The number of benzene rings is 1. The molecule has 0 spiro atoms. The molecule has 152 valence electrons. The molecule has 0 aliphatic carbocycles. The third kappa shape index (κ3) is 4.27.